The molecule has 1 amide bonds. The molecule has 0 radical (unpaired) electrons. The molecular formula is C20H20N2O2S. The molecule has 0 aliphatic carbocycles. The highest BCUT2D eigenvalue weighted by atomic mass is 32.1. The predicted molar refractivity (Wildman–Crippen MR) is 100.0 cm³/mol. The van der Waals surface area contributed by atoms with E-state index in [4.69, 9.17) is 0 Å². The number of rotatable bonds is 4. The van der Waals surface area contributed by atoms with Crippen molar-refractivity contribution in [2.24, 2.45) is 5.92 Å². The van der Waals surface area contributed by atoms with Crippen LogP contribution in [0.3, 0.4) is 0 Å². The van der Waals surface area contributed by atoms with E-state index >= 15 is 0 Å². The molecule has 3 aromatic rings. The Kier molecular flexibility index (Phi) is 4.40. The van der Waals surface area contributed by atoms with E-state index in [-0.39, 0.29) is 17.6 Å². The van der Waals surface area contributed by atoms with Crippen molar-refractivity contribution < 1.29 is 9.59 Å². The summed E-state index contributed by atoms with van der Waals surface area (Å²) in [6.45, 7) is 1.34. The Bertz CT molecular complexity index is 889. The number of carbonyl (C=O) groups is 2. The Morgan fingerprint density at radius 2 is 1.92 bits per heavy atom. The lowest BCUT2D eigenvalue weighted by atomic mass is 9.91. The number of aromatic nitrogens is 1. The first-order valence-corrected chi connectivity index (χ1v) is 9.51. The zero-order chi connectivity index (χ0) is 17.2. The third kappa shape index (κ3) is 3.24. The van der Waals surface area contributed by atoms with Crippen molar-refractivity contribution in [2.45, 2.75) is 19.3 Å². The summed E-state index contributed by atoms with van der Waals surface area (Å²) in [4.78, 5) is 31.0. The van der Waals surface area contributed by atoms with Crippen molar-refractivity contribution in [3.63, 3.8) is 0 Å². The maximum Gasteiger partial charge on any atom is 0.227 e. The largest absolute Gasteiger partial charge is 0.361 e. The van der Waals surface area contributed by atoms with Crippen LogP contribution in [-0.4, -0.2) is 34.7 Å². The van der Waals surface area contributed by atoms with Gasteiger partial charge in [0.05, 0.1) is 11.3 Å². The number of thiophene rings is 1. The summed E-state index contributed by atoms with van der Waals surface area (Å²) < 4.78 is 0. The monoisotopic (exact) mass is 352 g/mol. The fourth-order valence-electron chi connectivity index (χ4n) is 3.56. The molecule has 1 aromatic carbocycles. The van der Waals surface area contributed by atoms with Gasteiger partial charge in [0.1, 0.15) is 0 Å². The third-order valence-electron chi connectivity index (χ3n) is 5.00. The van der Waals surface area contributed by atoms with Crippen LogP contribution in [0.4, 0.5) is 0 Å². The number of Topliss-reactive ketones (excluding diaryl/α,β-unsaturated/α-hetero) is 1. The van der Waals surface area contributed by atoms with Crippen LogP contribution in [0, 0.1) is 5.92 Å². The summed E-state index contributed by atoms with van der Waals surface area (Å²) >= 11 is 1.50. The molecule has 1 N–H and O–H groups in total. The second kappa shape index (κ2) is 6.84. The average Bonchev–Trinajstić information content (AvgIpc) is 3.32. The van der Waals surface area contributed by atoms with Crippen molar-refractivity contribution in [1.82, 2.24) is 9.88 Å². The normalized spacial score (nSPS) is 15.6. The number of hydrogen-bond acceptors (Lipinski definition) is 3. The summed E-state index contributed by atoms with van der Waals surface area (Å²) in [6.07, 6.45) is 3.86. The van der Waals surface area contributed by atoms with Crippen LogP contribution in [0.1, 0.15) is 28.1 Å². The molecule has 2 aromatic heterocycles. The second-order valence-electron chi connectivity index (χ2n) is 6.53. The Morgan fingerprint density at radius 3 is 2.68 bits per heavy atom. The number of piperidine rings is 1. The first kappa shape index (κ1) is 16.1. The molecule has 0 unspecified atom stereocenters. The lowest BCUT2D eigenvalue weighted by Gasteiger charge is -2.31. The molecule has 4 rings (SSSR count). The van der Waals surface area contributed by atoms with Crippen LogP contribution in [0.2, 0.25) is 0 Å². The van der Waals surface area contributed by atoms with Gasteiger partial charge in [0, 0.05) is 36.1 Å². The van der Waals surface area contributed by atoms with Crippen molar-refractivity contribution in [2.75, 3.05) is 13.1 Å². The number of likely N-dealkylation sites (tertiary alicyclic amines) is 1. The number of benzene rings is 1. The maximum atomic E-state index is 12.6. The number of carbonyl (C=O) groups excluding carboxylic acids is 2. The second-order valence-corrected chi connectivity index (χ2v) is 7.48. The van der Waals surface area contributed by atoms with Crippen molar-refractivity contribution in [3.8, 4) is 0 Å². The van der Waals surface area contributed by atoms with E-state index in [1.54, 1.807) is 0 Å². The predicted octanol–water partition coefficient (Wildman–Crippen LogP) is 3.89. The van der Waals surface area contributed by atoms with Gasteiger partial charge in [0.25, 0.3) is 0 Å². The van der Waals surface area contributed by atoms with Crippen LogP contribution < -0.4 is 0 Å². The third-order valence-corrected chi connectivity index (χ3v) is 5.88. The van der Waals surface area contributed by atoms with Gasteiger partial charge in [-0.3, -0.25) is 9.59 Å². The van der Waals surface area contributed by atoms with Crippen LogP contribution in [0.15, 0.2) is 48.0 Å². The van der Waals surface area contributed by atoms with Crippen LogP contribution in [-0.2, 0) is 11.2 Å². The lowest BCUT2D eigenvalue weighted by Crippen LogP contribution is -2.40. The Labute approximate surface area is 150 Å². The number of nitrogens with zero attached hydrogens (tertiary/aromatic N) is 1. The molecule has 5 heteroatoms. The Morgan fingerprint density at radius 1 is 1.12 bits per heavy atom. The number of ketones is 1. The van der Waals surface area contributed by atoms with Crippen molar-refractivity contribution in [1.29, 1.82) is 0 Å². The van der Waals surface area contributed by atoms with E-state index < -0.39 is 0 Å². The minimum absolute atomic E-state index is 0.0517. The van der Waals surface area contributed by atoms with E-state index in [0.717, 1.165) is 34.2 Å². The van der Waals surface area contributed by atoms with Crippen molar-refractivity contribution >= 4 is 33.9 Å². The topological polar surface area (TPSA) is 53.2 Å². The van der Waals surface area contributed by atoms with E-state index in [0.29, 0.717) is 19.5 Å². The molecule has 0 spiro atoms. The fourth-order valence-corrected chi connectivity index (χ4v) is 4.31. The first-order chi connectivity index (χ1) is 12.2. The standard InChI is InChI=1S/C20H20N2O2S/c23-19(12-15-13-21-17-5-2-1-4-16(15)17)22-9-7-14(8-10-22)20(24)18-6-3-11-25-18/h1-6,11,13-14,21H,7-10,12H2. The average molecular weight is 352 g/mol. The minimum Gasteiger partial charge on any atom is -0.361 e. The fraction of sp³-hybridized carbons (Fsp3) is 0.300. The van der Waals surface area contributed by atoms with E-state index in [9.17, 15) is 9.59 Å². The zero-order valence-corrected chi connectivity index (χ0v) is 14.7. The Balaban J connectivity index is 1.37. The summed E-state index contributed by atoms with van der Waals surface area (Å²) in [5, 5.41) is 3.05. The van der Waals surface area contributed by atoms with Crippen molar-refractivity contribution in [3.05, 3.63) is 58.4 Å². The maximum absolute atomic E-state index is 12.6. The Hall–Kier alpha value is -2.40. The molecule has 25 heavy (non-hydrogen) atoms. The highest BCUT2D eigenvalue weighted by Gasteiger charge is 2.28. The molecule has 1 aliphatic heterocycles. The van der Waals surface area contributed by atoms with E-state index in [2.05, 4.69) is 4.98 Å². The van der Waals surface area contributed by atoms with E-state index in [1.165, 1.54) is 11.3 Å². The SMILES string of the molecule is O=C(c1cccs1)C1CCN(C(=O)Cc2c[nH]c3ccccc23)CC1. The van der Waals surface area contributed by atoms with Gasteiger partial charge in [-0.25, -0.2) is 0 Å². The molecule has 4 nitrogen and oxygen atoms in total. The molecule has 3 heterocycles. The van der Waals surface area contributed by atoms with E-state index in [1.807, 2.05) is 52.9 Å². The number of H-pyrrole nitrogens is 1. The molecule has 1 fully saturated rings. The molecule has 0 atom stereocenters. The van der Waals surface area contributed by atoms with Gasteiger partial charge in [-0.05, 0) is 35.9 Å². The molecule has 0 saturated carbocycles. The quantitative estimate of drug-likeness (QED) is 0.724. The van der Waals surface area contributed by atoms with Gasteiger partial charge < -0.3 is 9.88 Å². The highest BCUT2D eigenvalue weighted by Crippen LogP contribution is 2.25. The summed E-state index contributed by atoms with van der Waals surface area (Å²) in [5.41, 5.74) is 2.10. The molecule has 0 bridgehead atoms. The number of amides is 1. The number of aromatic amines is 1. The molecule has 128 valence electrons. The summed E-state index contributed by atoms with van der Waals surface area (Å²) in [6, 6.07) is 11.8. The number of nitrogens with one attached hydrogen (secondary N) is 1. The van der Waals surface area contributed by atoms with Crippen LogP contribution >= 0.6 is 11.3 Å². The van der Waals surface area contributed by atoms with Crippen LogP contribution in [0.25, 0.3) is 10.9 Å². The number of fused-ring (bicyclic) bond motifs is 1. The molecule has 1 aliphatic rings. The van der Waals surface area contributed by atoms with Gasteiger partial charge in [-0.2, -0.15) is 0 Å². The first-order valence-electron chi connectivity index (χ1n) is 8.63. The number of hydrogen-bond donors (Lipinski definition) is 1. The highest BCUT2D eigenvalue weighted by molar-refractivity contribution is 7.12. The van der Waals surface area contributed by atoms with Crippen LogP contribution in [0.5, 0.6) is 0 Å². The van der Waals surface area contributed by atoms with Gasteiger partial charge >= 0.3 is 0 Å². The molecule has 1 saturated heterocycles. The van der Waals surface area contributed by atoms with Gasteiger partial charge in [0.2, 0.25) is 5.91 Å². The lowest BCUT2D eigenvalue weighted by molar-refractivity contribution is -0.131. The minimum atomic E-state index is 0.0517. The number of para-hydroxylation sites is 1. The zero-order valence-electron chi connectivity index (χ0n) is 13.9. The summed E-state index contributed by atoms with van der Waals surface area (Å²) in [5.74, 6) is 0.432. The summed E-state index contributed by atoms with van der Waals surface area (Å²) in [7, 11) is 0. The molecular weight excluding hydrogens is 332 g/mol. The van der Waals surface area contributed by atoms with Gasteiger partial charge in [-0.1, -0.05) is 24.3 Å². The van der Waals surface area contributed by atoms with Gasteiger partial charge in [0.15, 0.2) is 5.78 Å². The van der Waals surface area contributed by atoms with Gasteiger partial charge in [-0.15, -0.1) is 11.3 Å². The smallest absolute Gasteiger partial charge is 0.227 e.